The van der Waals surface area contributed by atoms with E-state index >= 15 is 0 Å². The van der Waals surface area contributed by atoms with Crippen LogP contribution >= 0.6 is 0 Å². The third-order valence-electron chi connectivity index (χ3n) is 3.60. The quantitative estimate of drug-likeness (QED) is 0.708. The lowest BCUT2D eigenvalue weighted by atomic mass is 10.2. The number of carboxylic acids is 1. The van der Waals surface area contributed by atoms with Crippen molar-refractivity contribution < 1.29 is 9.90 Å². The first-order valence-corrected chi connectivity index (χ1v) is 7.33. The SMILES string of the molecule is O=C(O)CCCCn1c(-c2cccnc2)nc2ccccc21. The number of hydrogen-bond acceptors (Lipinski definition) is 3. The first-order valence-electron chi connectivity index (χ1n) is 7.33. The van der Waals surface area contributed by atoms with Gasteiger partial charge in [-0.3, -0.25) is 9.78 Å². The zero-order valence-electron chi connectivity index (χ0n) is 12.1. The summed E-state index contributed by atoms with van der Waals surface area (Å²) >= 11 is 0. The number of para-hydroxylation sites is 2. The lowest BCUT2D eigenvalue weighted by Crippen LogP contribution is -2.02. The van der Waals surface area contributed by atoms with Crippen LogP contribution < -0.4 is 0 Å². The summed E-state index contributed by atoms with van der Waals surface area (Å²) in [7, 11) is 0. The number of imidazole rings is 1. The Balaban J connectivity index is 1.93. The second-order valence-corrected chi connectivity index (χ2v) is 5.17. The molecule has 0 atom stereocenters. The van der Waals surface area contributed by atoms with Gasteiger partial charge >= 0.3 is 5.97 Å². The summed E-state index contributed by atoms with van der Waals surface area (Å²) in [6, 6.07) is 11.9. The van der Waals surface area contributed by atoms with Gasteiger partial charge in [-0.2, -0.15) is 0 Å². The molecule has 0 radical (unpaired) electrons. The van der Waals surface area contributed by atoms with Gasteiger partial charge in [-0.1, -0.05) is 12.1 Å². The molecule has 5 heteroatoms. The molecule has 0 bridgehead atoms. The monoisotopic (exact) mass is 295 g/mol. The van der Waals surface area contributed by atoms with E-state index < -0.39 is 5.97 Å². The Bertz CT molecular complexity index is 781. The van der Waals surface area contributed by atoms with Crippen molar-refractivity contribution in [2.24, 2.45) is 0 Å². The van der Waals surface area contributed by atoms with Crippen molar-refractivity contribution in [2.75, 3.05) is 0 Å². The number of fused-ring (bicyclic) bond motifs is 1. The summed E-state index contributed by atoms with van der Waals surface area (Å²) in [5.74, 6) is 0.132. The fraction of sp³-hybridized carbons (Fsp3) is 0.235. The molecule has 2 heterocycles. The highest BCUT2D eigenvalue weighted by Crippen LogP contribution is 2.24. The highest BCUT2D eigenvalue weighted by molar-refractivity contribution is 5.80. The van der Waals surface area contributed by atoms with E-state index in [0.717, 1.165) is 35.4 Å². The Kier molecular flexibility index (Phi) is 4.14. The fourth-order valence-electron chi connectivity index (χ4n) is 2.56. The molecule has 0 spiro atoms. The summed E-state index contributed by atoms with van der Waals surface area (Å²) in [5.41, 5.74) is 2.98. The Hall–Kier alpha value is -2.69. The average molecular weight is 295 g/mol. The van der Waals surface area contributed by atoms with Crippen LogP contribution in [0.25, 0.3) is 22.4 Å². The van der Waals surface area contributed by atoms with Crippen LogP contribution in [0.4, 0.5) is 0 Å². The van der Waals surface area contributed by atoms with Crippen LogP contribution in [0.5, 0.6) is 0 Å². The van der Waals surface area contributed by atoms with Gasteiger partial charge in [0.05, 0.1) is 11.0 Å². The second kappa shape index (κ2) is 6.39. The molecule has 0 aliphatic carbocycles. The zero-order valence-corrected chi connectivity index (χ0v) is 12.1. The summed E-state index contributed by atoms with van der Waals surface area (Å²) in [6.07, 6.45) is 5.21. The van der Waals surface area contributed by atoms with Gasteiger partial charge in [-0.25, -0.2) is 4.98 Å². The Morgan fingerprint density at radius 2 is 2.00 bits per heavy atom. The van der Waals surface area contributed by atoms with Gasteiger partial charge in [0, 0.05) is 30.9 Å². The summed E-state index contributed by atoms with van der Waals surface area (Å²) in [5, 5.41) is 8.75. The largest absolute Gasteiger partial charge is 0.481 e. The molecule has 3 aromatic rings. The molecule has 0 aliphatic rings. The van der Waals surface area contributed by atoms with Crippen molar-refractivity contribution in [2.45, 2.75) is 25.8 Å². The zero-order chi connectivity index (χ0) is 15.4. The van der Waals surface area contributed by atoms with Crippen LogP contribution in [0.15, 0.2) is 48.8 Å². The number of unbranched alkanes of at least 4 members (excludes halogenated alkanes) is 1. The molecule has 0 saturated carbocycles. The lowest BCUT2D eigenvalue weighted by molar-refractivity contribution is -0.137. The Labute approximate surface area is 128 Å². The number of aromatic nitrogens is 3. The smallest absolute Gasteiger partial charge is 0.303 e. The molecule has 0 unspecified atom stereocenters. The molecule has 5 nitrogen and oxygen atoms in total. The fourth-order valence-corrected chi connectivity index (χ4v) is 2.56. The number of pyridine rings is 1. The molecule has 0 amide bonds. The van der Waals surface area contributed by atoms with Crippen LogP contribution in [0.2, 0.25) is 0 Å². The third-order valence-corrected chi connectivity index (χ3v) is 3.60. The predicted octanol–water partition coefficient (Wildman–Crippen LogP) is 3.35. The van der Waals surface area contributed by atoms with Crippen molar-refractivity contribution >= 4 is 17.0 Å². The molecule has 0 aliphatic heterocycles. The minimum absolute atomic E-state index is 0.203. The van der Waals surface area contributed by atoms with Crippen molar-refractivity contribution in [1.82, 2.24) is 14.5 Å². The van der Waals surface area contributed by atoms with E-state index in [2.05, 4.69) is 9.55 Å². The Morgan fingerprint density at radius 3 is 2.77 bits per heavy atom. The van der Waals surface area contributed by atoms with Gasteiger partial charge in [0.25, 0.3) is 0 Å². The summed E-state index contributed by atoms with van der Waals surface area (Å²) in [6.45, 7) is 0.748. The van der Waals surface area contributed by atoms with Crippen molar-refractivity contribution in [1.29, 1.82) is 0 Å². The van der Waals surface area contributed by atoms with E-state index in [1.165, 1.54) is 0 Å². The number of carbonyl (C=O) groups is 1. The number of aryl methyl sites for hydroxylation is 1. The highest BCUT2D eigenvalue weighted by atomic mass is 16.4. The van der Waals surface area contributed by atoms with Gasteiger partial charge in [-0.05, 0) is 37.1 Å². The standard InChI is InChI=1S/C17H17N3O2/c21-16(22)9-3-4-11-20-15-8-2-1-7-14(15)19-17(20)13-6-5-10-18-12-13/h1-2,5-8,10,12H,3-4,9,11H2,(H,21,22). The van der Waals surface area contributed by atoms with Crippen LogP contribution in [0.3, 0.4) is 0 Å². The van der Waals surface area contributed by atoms with Crippen molar-refractivity contribution in [3.63, 3.8) is 0 Å². The van der Waals surface area contributed by atoms with Gasteiger partial charge < -0.3 is 9.67 Å². The van der Waals surface area contributed by atoms with Gasteiger partial charge in [0.1, 0.15) is 5.82 Å². The van der Waals surface area contributed by atoms with Crippen molar-refractivity contribution in [3.05, 3.63) is 48.8 Å². The maximum atomic E-state index is 10.6. The van der Waals surface area contributed by atoms with Gasteiger partial charge in [0.15, 0.2) is 0 Å². The number of rotatable bonds is 6. The topological polar surface area (TPSA) is 68.0 Å². The number of carboxylic acid groups (broad SMARTS) is 1. The molecular weight excluding hydrogens is 278 g/mol. The first-order chi connectivity index (χ1) is 10.8. The first kappa shape index (κ1) is 14.3. The molecule has 0 saturated heterocycles. The van der Waals surface area contributed by atoms with Crippen LogP contribution in [-0.2, 0) is 11.3 Å². The molecule has 22 heavy (non-hydrogen) atoms. The average Bonchev–Trinajstić information content (AvgIpc) is 2.91. The van der Waals surface area contributed by atoms with Crippen LogP contribution in [0.1, 0.15) is 19.3 Å². The number of aliphatic carboxylic acids is 1. The minimum atomic E-state index is -0.747. The molecule has 0 fully saturated rings. The van der Waals surface area contributed by atoms with E-state index in [4.69, 9.17) is 10.1 Å². The summed E-state index contributed by atoms with van der Waals surface area (Å²) in [4.78, 5) is 19.5. The molecule has 1 aromatic carbocycles. The van der Waals surface area contributed by atoms with E-state index in [1.54, 1.807) is 12.4 Å². The highest BCUT2D eigenvalue weighted by Gasteiger charge is 2.12. The van der Waals surface area contributed by atoms with Crippen LogP contribution in [-0.4, -0.2) is 25.6 Å². The number of nitrogens with zero attached hydrogens (tertiary/aromatic N) is 3. The molecule has 112 valence electrons. The van der Waals surface area contributed by atoms with E-state index in [1.807, 2.05) is 36.4 Å². The predicted molar refractivity (Wildman–Crippen MR) is 84.5 cm³/mol. The maximum Gasteiger partial charge on any atom is 0.303 e. The normalized spacial score (nSPS) is 10.9. The lowest BCUT2D eigenvalue weighted by Gasteiger charge is -2.08. The van der Waals surface area contributed by atoms with E-state index in [0.29, 0.717) is 6.42 Å². The number of benzene rings is 1. The minimum Gasteiger partial charge on any atom is -0.481 e. The Morgan fingerprint density at radius 1 is 1.14 bits per heavy atom. The van der Waals surface area contributed by atoms with E-state index in [-0.39, 0.29) is 6.42 Å². The molecule has 2 aromatic heterocycles. The third kappa shape index (κ3) is 2.98. The molecular formula is C17H17N3O2. The molecule has 3 rings (SSSR count). The van der Waals surface area contributed by atoms with Gasteiger partial charge in [-0.15, -0.1) is 0 Å². The maximum absolute atomic E-state index is 10.6. The summed E-state index contributed by atoms with van der Waals surface area (Å²) < 4.78 is 2.15. The van der Waals surface area contributed by atoms with Gasteiger partial charge in [0.2, 0.25) is 0 Å². The number of hydrogen-bond donors (Lipinski definition) is 1. The van der Waals surface area contributed by atoms with Crippen LogP contribution in [0, 0.1) is 0 Å². The molecule has 1 N–H and O–H groups in total. The van der Waals surface area contributed by atoms with E-state index in [9.17, 15) is 4.79 Å². The van der Waals surface area contributed by atoms with Crippen molar-refractivity contribution in [3.8, 4) is 11.4 Å². The second-order valence-electron chi connectivity index (χ2n) is 5.17.